The van der Waals surface area contributed by atoms with Gasteiger partial charge in [-0.3, -0.25) is 10.1 Å². The summed E-state index contributed by atoms with van der Waals surface area (Å²) in [5.41, 5.74) is 2.32. The molecule has 0 saturated carbocycles. The molecule has 0 bridgehead atoms. The van der Waals surface area contributed by atoms with Gasteiger partial charge in [0.15, 0.2) is 11.5 Å². The van der Waals surface area contributed by atoms with Crippen molar-refractivity contribution in [2.75, 3.05) is 25.1 Å². The van der Waals surface area contributed by atoms with Crippen LogP contribution in [0.3, 0.4) is 0 Å². The van der Waals surface area contributed by atoms with Crippen LogP contribution in [0.15, 0.2) is 16.7 Å². The van der Waals surface area contributed by atoms with E-state index in [0.717, 1.165) is 30.5 Å². The van der Waals surface area contributed by atoms with Gasteiger partial charge in [-0.25, -0.2) is 0 Å². The Kier molecular flexibility index (Phi) is 5.65. The van der Waals surface area contributed by atoms with E-state index in [9.17, 15) is 4.79 Å². The van der Waals surface area contributed by atoms with Crippen LogP contribution in [0.1, 0.15) is 48.8 Å². The first kappa shape index (κ1) is 18.1. The van der Waals surface area contributed by atoms with E-state index in [1.165, 1.54) is 0 Å². The van der Waals surface area contributed by atoms with Crippen molar-refractivity contribution in [1.82, 2.24) is 5.16 Å². The van der Waals surface area contributed by atoms with Gasteiger partial charge in [0.25, 0.3) is 5.91 Å². The van der Waals surface area contributed by atoms with Crippen LogP contribution >= 0.6 is 0 Å². The molecule has 1 aromatic heterocycles. The summed E-state index contributed by atoms with van der Waals surface area (Å²) in [7, 11) is 0. The van der Waals surface area contributed by atoms with Gasteiger partial charge in [-0.15, -0.1) is 0 Å². The highest BCUT2D eigenvalue weighted by Crippen LogP contribution is 2.39. The summed E-state index contributed by atoms with van der Waals surface area (Å²) in [5.74, 6) is 1.59. The molecule has 0 aliphatic heterocycles. The third kappa shape index (κ3) is 3.61. The lowest BCUT2D eigenvalue weighted by molar-refractivity contribution is 0.102. The van der Waals surface area contributed by atoms with Crippen LogP contribution in [0.4, 0.5) is 5.88 Å². The lowest BCUT2D eigenvalue weighted by atomic mass is 10.1. The monoisotopic (exact) mass is 360 g/mol. The number of nitrogens with one attached hydrogen (secondary N) is 1. The first-order valence-corrected chi connectivity index (χ1v) is 9.03. The van der Waals surface area contributed by atoms with Gasteiger partial charge in [0, 0.05) is 11.1 Å². The van der Waals surface area contributed by atoms with Crippen LogP contribution in [-0.4, -0.2) is 30.9 Å². The number of rotatable bonds is 8. The molecule has 2 aromatic rings. The number of ether oxygens (including phenoxy) is 3. The minimum absolute atomic E-state index is 0.305. The molecule has 0 saturated heterocycles. The number of benzene rings is 1. The second-order valence-corrected chi connectivity index (χ2v) is 5.85. The van der Waals surface area contributed by atoms with Gasteiger partial charge in [-0.1, -0.05) is 5.16 Å². The van der Waals surface area contributed by atoms with E-state index in [-0.39, 0.29) is 5.91 Å². The van der Waals surface area contributed by atoms with E-state index < -0.39 is 0 Å². The SMILES string of the molecule is CCOc1cc(C(=O)Nc2onc3c2CCC3)cc(OCC)c1OCC. The molecular formula is C19H24N2O5. The van der Waals surface area contributed by atoms with Crippen LogP contribution < -0.4 is 19.5 Å². The Balaban J connectivity index is 1.91. The van der Waals surface area contributed by atoms with Crippen molar-refractivity contribution in [3.8, 4) is 17.2 Å². The van der Waals surface area contributed by atoms with Crippen LogP contribution in [0.5, 0.6) is 17.2 Å². The summed E-state index contributed by atoms with van der Waals surface area (Å²) in [6.07, 6.45) is 2.79. The maximum atomic E-state index is 12.7. The molecule has 1 aliphatic carbocycles. The quantitative estimate of drug-likeness (QED) is 0.774. The largest absolute Gasteiger partial charge is 0.490 e. The van der Waals surface area contributed by atoms with Crippen molar-refractivity contribution in [3.05, 3.63) is 29.0 Å². The number of hydrogen-bond donors (Lipinski definition) is 1. The van der Waals surface area contributed by atoms with Gasteiger partial charge in [-0.2, -0.15) is 0 Å². The molecule has 7 heteroatoms. The minimum Gasteiger partial charge on any atom is -0.490 e. The summed E-state index contributed by atoms with van der Waals surface area (Å²) >= 11 is 0. The second-order valence-electron chi connectivity index (χ2n) is 5.85. The zero-order valence-corrected chi connectivity index (χ0v) is 15.4. The molecule has 1 aromatic carbocycles. The van der Waals surface area contributed by atoms with Crippen LogP contribution in [-0.2, 0) is 12.8 Å². The summed E-state index contributed by atoms with van der Waals surface area (Å²) in [6.45, 7) is 7.01. The Morgan fingerprint density at radius 2 is 1.73 bits per heavy atom. The highest BCUT2D eigenvalue weighted by atomic mass is 16.5. The fourth-order valence-electron chi connectivity index (χ4n) is 3.02. The number of carbonyl (C=O) groups is 1. The Labute approximate surface area is 152 Å². The second kappa shape index (κ2) is 8.12. The van der Waals surface area contributed by atoms with Crippen LogP contribution in [0.25, 0.3) is 0 Å². The van der Waals surface area contributed by atoms with E-state index in [0.29, 0.717) is 48.5 Å². The molecular weight excluding hydrogens is 336 g/mol. The topological polar surface area (TPSA) is 82.8 Å². The molecule has 0 radical (unpaired) electrons. The smallest absolute Gasteiger partial charge is 0.258 e. The molecule has 1 aliphatic rings. The number of aryl methyl sites for hydroxylation is 1. The van der Waals surface area contributed by atoms with E-state index in [2.05, 4.69) is 10.5 Å². The number of aromatic nitrogens is 1. The molecule has 0 fully saturated rings. The van der Waals surface area contributed by atoms with Gasteiger partial charge in [0.05, 0.1) is 25.5 Å². The average Bonchev–Trinajstić information content (AvgIpc) is 3.23. The van der Waals surface area contributed by atoms with Crippen molar-refractivity contribution >= 4 is 11.8 Å². The number of anilines is 1. The molecule has 0 spiro atoms. The molecule has 7 nitrogen and oxygen atoms in total. The maximum absolute atomic E-state index is 12.7. The fourth-order valence-corrected chi connectivity index (χ4v) is 3.02. The summed E-state index contributed by atoms with van der Waals surface area (Å²) < 4.78 is 22.3. The van der Waals surface area contributed by atoms with Crippen molar-refractivity contribution in [2.45, 2.75) is 40.0 Å². The standard InChI is InChI=1S/C19H24N2O5/c1-4-23-15-10-12(11-16(24-5-2)17(15)25-6-3)18(22)20-19-13-8-7-9-14(13)21-26-19/h10-11H,4-9H2,1-3H3,(H,20,22). The molecule has 0 unspecified atom stereocenters. The highest BCUT2D eigenvalue weighted by molar-refractivity contribution is 6.04. The van der Waals surface area contributed by atoms with Gasteiger partial charge < -0.3 is 18.7 Å². The zero-order chi connectivity index (χ0) is 18.5. The predicted octanol–water partition coefficient (Wildman–Crippen LogP) is 3.61. The third-order valence-electron chi connectivity index (χ3n) is 4.11. The van der Waals surface area contributed by atoms with E-state index >= 15 is 0 Å². The average molecular weight is 360 g/mol. The van der Waals surface area contributed by atoms with Crippen molar-refractivity contribution in [3.63, 3.8) is 0 Å². The van der Waals surface area contributed by atoms with Gasteiger partial charge in [-0.05, 0) is 52.2 Å². The van der Waals surface area contributed by atoms with Gasteiger partial charge >= 0.3 is 0 Å². The summed E-state index contributed by atoms with van der Waals surface area (Å²) in [4.78, 5) is 12.7. The number of carbonyl (C=O) groups excluding carboxylic acids is 1. The number of amides is 1. The molecule has 1 amide bonds. The Bertz CT molecular complexity index is 757. The molecule has 1 N–H and O–H groups in total. The van der Waals surface area contributed by atoms with E-state index in [1.54, 1.807) is 12.1 Å². The zero-order valence-electron chi connectivity index (χ0n) is 15.4. The van der Waals surface area contributed by atoms with Gasteiger partial charge in [0.2, 0.25) is 11.6 Å². The summed E-state index contributed by atoms with van der Waals surface area (Å²) in [6, 6.07) is 3.31. The number of fused-ring (bicyclic) bond motifs is 1. The lowest BCUT2D eigenvalue weighted by Gasteiger charge is -2.17. The number of nitrogens with zero attached hydrogens (tertiary/aromatic N) is 1. The van der Waals surface area contributed by atoms with E-state index in [1.807, 2.05) is 20.8 Å². The molecule has 1 heterocycles. The first-order chi connectivity index (χ1) is 12.7. The van der Waals surface area contributed by atoms with Crippen molar-refractivity contribution in [1.29, 1.82) is 0 Å². The molecule has 3 rings (SSSR count). The molecule has 0 atom stereocenters. The number of hydrogen-bond acceptors (Lipinski definition) is 6. The first-order valence-electron chi connectivity index (χ1n) is 9.03. The Hall–Kier alpha value is -2.70. The summed E-state index contributed by atoms with van der Waals surface area (Å²) in [5, 5.41) is 6.83. The van der Waals surface area contributed by atoms with Crippen molar-refractivity contribution in [2.24, 2.45) is 0 Å². The lowest BCUT2D eigenvalue weighted by Crippen LogP contribution is -2.14. The normalized spacial score (nSPS) is 12.6. The van der Waals surface area contributed by atoms with Crippen LogP contribution in [0.2, 0.25) is 0 Å². The fraction of sp³-hybridized carbons (Fsp3) is 0.474. The molecule has 140 valence electrons. The van der Waals surface area contributed by atoms with E-state index in [4.69, 9.17) is 18.7 Å². The Morgan fingerprint density at radius 3 is 2.35 bits per heavy atom. The third-order valence-corrected chi connectivity index (χ3v) is 4.11. The maximum Gasteiger partial charge on any atom is 0.258 e. The van der Waals surface area contributed by atoms with Crippen molar-refractivity contribution < 1.29 is 23.5 Å². The Morgan fingerprint density at radius 1 is 1.08 bits per heavy atom. The highest BCUT2D eigenvalue weighted by Gasteiger charge is 2.24. The predicted molar refractivity (Wildman–Crippen MR) is 96.4 cm³/mol. The van der Waals surface area contributed by atoms with Gasteiger partial charge in [0.1, 0.15) is 0 Å². The van der Waals surface area contributed by atoms with Crippen LogP contribution in [0, 0.1) is 0 Å². The minimum atomic E-state index is -0.305. The molecule has 26 heavy (non-hydrogen) atoms.